The van der Waals surface area contributed by atoms with Crippen molar-refractivity contribution < 1.29 is 9.47 Å². The summed E-state index contributed by atoms with van der Waals surface area (Å²) >= 11 is 12.1. The molecule has 0 aliphatic carbocycles. The molecule has 0 radical (unpaired) electrons. The van der Waals surface area contributed by atoms with Gasteiger partial charge in [-0.05, 0) is 36.4 Å². The summed E-state index contributed by atoms with van der Waals surface area (Å²) in [6, 6.07) is 11.1. The third-order valence-corrected chi connectivity index (χ3v) is 3.34. The number of hydrogen-bond acceptors (Lipinski definition) is 2. The lowest BCUT2D eigenvalue weighted by atomic mass is 10.0. The van der Waals surface area contributed by atoms with E-state index in [1.807, 2.05) is 24.3 Å². The topological polar surface area (TPSA) is 18.5 Å². The molecule has 0 aliphatic heterocycles. The second-order valence-electron chi connectivity index (χ2n) is 4.09. The maximum atomic E-state index is 6.03. The highest BCUT2D eigenvalue weighted by Gasteiger charge is 2.09. The zero-order chi connectivity index (χ0) is 13.8. The van der Waals surface area contributed by atoms with Crippen LogP contribution in [-0.4, -0.2) is 14.2 Å². The second kappa shape index (κ2) is 6.18. The minimum absolute atomic E-state index is 0.646. The van der Waals surface area contributed by atoms with Gasteiger partial charge in [0.2, 0.25) is 0 Å². The van der Waals surface area contributed by atoms with Gasteiger partial charge in [0, 0.05) is 27.6 Å². The first-order valence-electron chi connectivity index (χ1n) is 5.79. The Kier molecular flexibility index (Phi) is 4.56. The Bertz CT molecular complexity index is 531. The average molecular weight is 297 g/mol. The number of methoxy groups -OCH3 is 2. The van der Waals surface area contributed by atoms with Crippen LogP contribution in [0.2, 0.25) is 10.0 Å². The Morgan fingerprint density at radius 1 is 0.789 bits per heavy atom. The van der Waals surface area contributed by atoms with Crippen molar-refractivity contribution in [3.63, 3.8) is 0 Å². The molecule has 100 valence electrons. The molecule has 0 heterocycles. The van der Waals surface area contributed by atoms with Gasteiger partial charge in [0.1, 0.15) is 11.5 Å². The maximum absolute atomic E-state index is 6.03. The van der Waals surface area contributed by atoms with Crippen molar-refractivity contribution in [2.24, 2.45) is 0 Å². The van der Waals surface area contributed by atoms with Gasteiger partial charge in [-0.3, -0.25) is 0 Å². The van der Waals surface area contributed by atoms with Crippen LogP contribution in [0.1, 0.15) is 11.1 Å². The molecule has 0 aromatic heterocycles. The highest BCUT2D eigenvalue weighted by molar-refractivity contribution is 6.31. The lowest BCUT2D eigenvalue weighted by Gasteiger charge is -2.12. The summed E-state index contributed by atoms with van der Waals surface area (Å²) in [5, 5.41) is 1.36. The van der Waals surface area contributed by atoms with E-state index in [0.29, 0.717) is 16.5 Å². The van der Waals surface area contributed by atoms with Crippen LogP contribution in [0.15, 0.2) is 36.4 Å². The zero-order valence-electron chi connectivity index (χ0n) is 10.7. The lowest BCUT2D eigenvalue weighted by molar-refractivity contribution is 0.405. The van der Waals surface area contributed by atoms with Gasteiger partial charge in [0.15, 0.2) is 0 Å². The van der Waals surface area contributed by atoms with E-state index in [9.17, 15) is 0 Å². The van der Waals surface area contributed by atoms with Crippen LogP contribution in [0.5, 0.6) is 11.5 Å². The van der Waals surface area contributed by atoms with Crippen molar-refractivity contribution in [3.05, 3.63) is 57.6 Å². The number of benzene rings is 2. The van der Waals surface area contributed by atoms with Gasteiger partial charge in [-0.25, -0.2) is 0 Å². The molecule has 0 amide bonds. The Labute approximate surface area is 122 Å². The molecule has 19 heavy (non-hydrogen) atoms. The number of rotatable bonds is 4. The van der Waals surface area contributed by atoms with E-state index in [1.54, 1.807) is 26.4 Å². The van der Waals surface area contributed by atoms with Gasteiger partial charge in [-0.15, -0.1) is 0 Å². The predicted octanol–water partition coefficient (Wildman–Crippen LogP) is 4.60. The zero-order valence-corrected chi connectivity index (χ0v) is 12.3. The molecule has 0 saturated heterocycles. The number of ether oxygens (including phenoxy) is 2. The first-order valence-corrected chi connectivity index (χ1v) is 6.54. The average Bonchev–Trinajstić information content (AvgIpc) is 2.39. The van der Waals surface area contributed by atoms with Crippen molar-refractivity contribution in [3.8, 4) is 11.5 Å². The molecule has 2 rings (SSSR count). The molecule has 2 aromatic carbocycles. The fourth-order valence-corrected chi connectivity index (χ4v) is 2.37. The Morgan fingerprint density at radius 3 is 1.58 bits per heavy atom. The third kappa shape index (κ3) is 3.34. The van der Waals surface area contributed by atoms with Crippen molar-refractivity contribution in [2.45, 2.75) is 6.42 Å². The van der Waals surface area contributed by atoms with E-state index >= 15 is 0 Å². The van der Waals surface area contributed by atoms with E-state index in [0.717, 1.165) is 22.6 Å². The molecule has 4 heteroatoms. The van der Waals surface area contributed by atoms with E-state index in [1.165, 1.54) is 0 Å². The molecular formula is C15H14Cl2O2. The Morgan fingerprint density at radius 2 is 1.21 bits per heavy atom. The van der Waals surface area contributed by atoms with Crippen LogP contribution in [0.3, 0.4) is 0 Å². The van der Waals surface area contributed by atoms with Crippen LogP contribution < -0.4 is 9.47 Å². The monoisotopic (exact) mass is 296 g/mol. The molecule has 2 nitrogen and oxygen atoms in total. The molecule has 0 fully saturated rings. The summed E-state index contributed by atoms with van der Waals surface area (Å²) in [5.74, 6) is 1.60. The molecule has 0 aliphatic rings. The quantitative estimate of drug-likeness (QED) is 0.821. The summed E-state index contributed by atoms with van der Waals surface area (Å²) < 4.78 is 10.7. The molecular weight excluding hydrogens is 283 g/mol. The first kappa shape index (κ1) is 14.0. The Hall–Kier alpha value is -1.38. The summed E-state index contributed by atoms with van der Waals surface area (Å²) in [4.78, 5) is 0. The highest BCUT2D eigenvalue weighted by atomic mass is 35.5. The van der Waals surface area contributed by atoms with Gasteiger partial charge in [-0.1, -0.05) is 23.2 Å². The number of hydrogen-bond donors (Lipinski definition) is 0. The standard InChI is InChI=1S/C15H14Cl2O2/c1-18-14-5-3-12(16)8-10(14)7-11-9-13(17)4-6-15(11)19-2/h3-6,8-9H,7H2,1-2H3. The normalized spacial score (nSPS) is 10.3. The minimum Gasteiger partial charge on any atom is -0.496 e. The van der Waals surface area contributed by atoms with Crippen LogP contribution in [0, 0.1) is 0 Å². The second-order valence-corrected chi connectivity index (χ2v) is 4.96. The van der Waals surface area contributed by atoms with Crippen molar-refractivity contribution in [1.82, 2.24) is 0 Å². The summed E-state index contributed by atoms with van der Waals surface area (Å²) in [6.45, 7) is 0. The number of halogens is 2. The molecule has 0 atom stereocenters. The van der Waals surface area contributed by atoms with Gasteiger partial charge in [0.25, 0.3) is 0 Å². The maximum Gasteiger partial charge on any atom is 0.122 e. The summed E-state index contributed by atoms with van der Waals surface area (Å²) in [5.41, 5.74) is 1.99. The van der Waals surface area contributed by atoms with Gasteiger partial charge < -0.3 is 9.47 Å². The fraction of sp³-hybridized carbons (Fsp3) is 0.200. The molecule has 0 saturated carbocycles. The van der Waals surface area contributed by atoms with Crippen molar-refractivity contribution in [1.29, 1.82) is 0 Å². The lowest BCUT2D eigenvalue weighted by Crippen LogP contribution is -1.97. The van der Waals surface area contributed by atoms with Crippen LogP contribution >= 0.6 is 23.2 Å². The summed E-state index contributed by atoms with van der Waals surface area (Å²) in [6.07, 6.45) is 0.646. The largest absolute Gasteiger partial charge is 0.496 e. The first-order chi connectivity index (χ1) is 9.13. The fourth-order valence-electron chi connectivity index (χ4n) is 1.98. The van der Waals surface area contributed by atoms with Crippen molar-refractivity contribution in [2.75, 3.05) is 14.2 Å². The minimum atomic E-state index is 0.646. The van der Waals surface area contributed by atoms with Gasteiger partial charge in [0.05, 0.1) is 14.2 Å². The third-order valence-electron chi connectivity index (χ3n) is 2.87. The predicted molar refractivity (Wildman–Crippen MR) is 78.8 cm³/mol. The molecule has 0 N–H and O–H groups in total. The van der Waals surface area contributed by atoms with Gasteiger partial charge >= 0.3 is 0 Å². The van der Waals surface area contributed by atoms with Gasteiger partial charge in [-0.2, -0.15) is 0 Å². The van der Waals surface area contributed by atoms with Crippen LogP contribution in [0.4, 0.5) is 0 Å². The highest BCUT2D eigenvalue weighted by Crippen LogP contribution is 2.30. The van der Waals surface area contributed by atoms with E-state index < -0.39 is 0 Å². The molecule has 0 bridgehead atoms. The van der Waals surface area contributed by atoms with Crippen molar-refractivity contribution >= 4 is 23.2 Å². The molecule has 2 aromatic rings. The smallest absolute Gasteiger partial charge is 0.122 e. The van der Waals surface area contributed by atoms with Crippen LogP contribution in [0.25, 0.3) is 0 Å². The summed E-state index contributed by atoms with van der Waals surface area (Å²) in [7, 11) is 3.28. The van der Waals surface area contributed by atoms with Crippen LogP contribution in [-0.2, 0) is 6.42 Å². The molecule has 0 spiro atoms. The Balaban J connectivity index is 2.40. The SMILES string of the molecule is COc1ccc(Cl)cc1Cc1cc(Cl)ccc1OC. The van der Waals surface area contributed by atoms with E-state index in [2.05, 4.69) is 0 Å². The van der Waals surface area contributed by atoms with E-state index in [-0.39, 0.29) is 0 Å². The van der Waals surface area contributed by atoms with E-state index in [4.69, 9.17) is 32.7 Å². The molecule has 0 unspecified atom stereocenters.